The van der Waals surface area contributed by atoms with Gasteiger partial charge in [-0.1, -0.05) is 6.07 Å². The fourth-order valence-corrected chi connectivity index (χ4v) is 2.30. The molecule has 1 aromatic heterocycles. The van der Waals surface area contributed by atoms with Crippen LogP contribution in [-0.2, 0) is 0 Å². The van der Waals surface area contributed by atoms with Crippen molar-refractivity contribution in [3.63, 3.8) is 0 Å². The van der Waals surface area contributed by atoms with Gasteiger partial charge in [0.1, 0.15) is 4.60 Å². The predicted octanol–water partition coefficient (Wildman–Crippen LogP) is 4.01. The Morgan fingerprint density at radius 2 is 2.11 bits per heavy atom. The monoisotopic (exact) mass is 416 g/mol. The molecule has 1 aromatic carbocycles. The van der Waals surface area contributed by atoms with Gasteiger partial charge in [0.2, 0.25) is 0 Å². The van der Waals surface area contributed by atoms with Gasteiger partial charge in [0.25, 0.3) is 5.91 Å². The summed E-state index contributed by atoms with van der Waals surface area (Å²) in [6, 6.07) is 9.20. The topological polar surface area (TPSA) is 42.0 Å². The van der Waals surface area contributed by atoms with E-state index in [1.54, 1.807) is 18.3 Å². The fraction of sp³-hybridized carbons (Fsp3) is 0.0769. The number of hydrogen-bond acceptors (Lipinski definition) is 2. The first-order chi connectivity index (χ1) is 8.56. The lowest BCUT2D eigenvalue weighted by Gasteiger charge is -2.07. The molecular formula is C13H10BrIN2O. The van der Waals surface area contributed by atoms with Crippen LogP contribution in [0, 0.1) is 10.5 Å². The van der Waals surface area contributed by atoms with Crippen molar-refractivity contribution >= 4 is 50.1 Å². The molecule has 1 amide bonds. The maximum atomic E-state index is 12.0. The van der Waals surface area contributed by atoms with Gasteiger partial charge in [0, 0.05) is 21.0 Å². The number of benzene rings is 1. The van der Waals surface area contributed by atoms with E-state index in [2.05, 4.69) is 48.8 Å². The first kappa shape index (κ1) is 13.5. The minimum atomic E-state index is -0.141. The summed E-state index contributed by atoms with van der Waals surface area (Å²) in [5, 5.41) is 2.86. The second-order valence-electron chi connectivity index (χ2n) is 3.79. The highest BCUT2D eigenvalue weighted by Gasteiger charge is 2.07. The van der Waals surface area contributed by atoms with Crippen molar-refractivity contribution in [1.82, 2.24) is 4.98 Å². The van der Waals surface area contributed by atoms with Crippen LogP contribution in [0.1, 0.15) is 15.9 Å². The van der Waals surface area contributed by atoms with Crippen molar-refractivity contribution in [3.05, 3.63) is 55.8 Å². The summed E-state index contributed by atoms with van der Waals surface area (Å²) in [4.78, 5) is 16.0. The number of amides is 1. The number of carbonyl (C=O) groups is 1. The van der Waals surface area contributed by atoms with Crippen molar-refractivity contribution in [2.24, 2.45) is 0 Å². The van der Waals surface area contributed by atoms with Crippen molar-refractivity contribution in [2.45, 2.75) is 6.92 Å². The van der Waals surface area contributed by atoms with E-state index in [1.165, 1.54) is 5.56 Å². The molecule has 1 heterocycles. The van der Waals surface area contributed by atoms with Gasteiger partial charge in [0.05, 0.1) is 0 Å². The highest BCUT2D eigenvalue weighted by Crippen LogP contribution is 2.18. The zero-order valence-electron chi connectivity index (χ0n) is 9.58. The Morgan fingerprint density at radius 3 is 2.78 bits per heavy atom. The molecule has 3 nitrogen and oxygen atoms in total. The highest BCUT2D eigenvalue weighted by molar-refractivity contribution is 14.1. The minimum Gasteiger partial charge on any atom is -0.322 e. The molecule has 18 heavy (non-hydrogen) atoms. The fourth-order valence-electron chi connectivity index (χ4n) is 1.42. The molecule has 2 rings (SSSR count). The van der Waals surface area contributed by atoms with Crippen LogP contribution in [0.4, 0.5) is 5.69 Å². The SMILES string of the molecule is Cc1ccc(NC(=O)c2ccnc(Br)c2)cc1I. The third kappa shape index (κ3) is 3.29. The van der Waals surface area contributed by atoms with Gasteiger partial charge < -0.3 is 5.32 Å². The van der Waals surface area contributed by atoms with E-state index < -0.39 is 0 Å². The van der Waals surface area contributed by atoms with E-state index in [1.807, 2.05) is 25.1 Å². The lowest BCUT2D eigenvalue weighted by Crippen LogP contribution is -2.12. The number of nitrogens with one attached hydrogen (secondary N) is 1. The van der Waals surface area contributed by atoms with Gasteiger partial charge in [-0.25, -0.2) is 4.98 Å². The molecule has 0 aliphatic carbocycles. The first-order valence-corrected chi connectivity index (χ1v) is 7.12. The number of pyridine rings is 1. The van der Waals surface area contributed by atoms with Gasteiger partial charge >= 0.3 is 0 Å². The quantitative estimate of drug-likeness (QED) is 0.593. The van der Waals surface area contributed by atoms with E-state index in [0.717, 1.165) is 9.26 Å². The predicted molar refractivity (Wildman–Crippen MR) is 83.8 cm³/mol. The van der Waals surface area contributed by atoms with E-state index in [0.29, 0.717) is 10.2 Å². The lowest BCUT2D eigenvalue weighted by molar-refractivity contribution is 0.102. The number of aromatic nitrogens is 1. The highest BCUT2D eigenvalue weighted by atomic mass is 127. The van der Waals surface area contributed by atoms with E-state index in [4.69, 9.17) is 0 Å². The third-order valence-electron chi connectivity index (χ3n) is 2.42. The lowest BCUT2D eigenvalue weighted by atomic mass is 10.2. The number of hydrogen-bond donors (Lipinski definition) is 1. The normalized spacial score (nSPS) is 10.2. The van der Waals surface area contributed by atoms with E-state index >= 15 is 0 Å². The number of carbonyl (C=O) groups excluding carboxylic acids is 1. The van der Waals surface area contributed by atoms with Gasteiger partial charge in [-0.3, -0.25) is 4.79 Å². The van der Waals surface area contributed by atoms with Crippen molar-refractivity contribution in [1.29, 1.82) is 0 Å². The number of rotatable bonds is 2. The molecule has 0 spiro atoms. The molecule has 0 bridgehead atoms. The number of halogens is 2. The summed E-state index contributed by atoms with van der Waals surface area (Å²) in [5.74, 6) is -0.141. The minimum absolute atomic E-state index is 0.141. The Morgan fingerprint density at radius 1 is 1.33 bits per heavy atom. The zero-order chi connectivity index (χ0) is 13.1. The smallest absolute Gasteiger partial charge is 0.255 e. The average Bonchev–Trinajstić information content (AvgIpc) is 2.34. The van der Waals surface area contributed by atoms with Gasteiger partial charge in [-0.05, 0) is 75.3 Å². The molecule has 0 fully saturated rings. The van der Waals surface area contributed by atoms with Crippen LogP contribution in [0.3, 0.4) is 0 Å². The maximum absolute atomic E-state index is 12.0. The number of nitrogens with zero attached hydrogens (tertiary/aromatic N) is 1. The molecule has 1 N–H and O–H groups in total. The molecular weight excluding hydrogens is 407 g/mol. The Labute approximate surface area is 127 Å². The summed E-state index contributed by atoms with van der Waals surface area (Å²) in [5.41, 5.74) is 2.57. The van der Waals surface area contributed by atoms with Crippen LogP contribution in [0.25, 0.3) is 0 Å². The van der Waals surface area contributed by atoms with E-state index in [9.17, 15) is 4.79 Å². The Hall–Kier alpha value is -0.950. The molecule has 0 saturated heterocycles. The van der Waals surface area contributed by atoms with Crippen molar-refractivity contribution in [3.8, 4) is 0 Å². The molecule has 2 aromatic rings. The van der Waals surface area contributed by atoms with Crippen LogP contribution in [-0.4, -0.2) is 10.9 Å². The second-order valence-corrected chi connectivity index (χ2v) is 5.76. The van der Waals surface area contributed by atoms with E-state index in [-0.39, 0.29) is 5.91 Å². The number of aryl methyl sites for hydroxylation is 1. The van der Waals surface area contributed by atoms with Crippen LogP contribution < -0.4 is 5.32 Å². The van der Waals surface area contributed by atoms with Crippen LogP contribution in [0.2, 0.25) is 0 Å². The first-order valence-electron chi connectivity index (χ1n) is 5.25. The Balaban J connectivity index is 2.18. The summed E-state index contributed by atoms with van der Waals surface area (Å²) >= 11 is 5.49. The summed E-state index contributed by atoms with van der Waals surface area (Å²) < 4.78 is 1.77. The van der Waals surface area contributed by atoms with Crippen molar-refractivity contribution < 1.29 is 4.79 Å². The molecule has 0 unspecified atom stereocenters. The van der Waals surface area contributed by atoms with Gasteiger partial charge in [0.15, 0.2) is 0 Å². The molecule has 5 heteroatoms. The summed E-state index contributed by atoms with van der Waals surface area (Å²) in [7, 11) is 0. The molecule has 0 saturated carbocycles. The van der Waals surface area contributed by atoms with Gasteiger partial charge in [-0.2, -0.15) is 0 Å². The largest absolute Gasteiger partial charge is 0.322 e. The number of anilines is 1. The Bertz CT molecular complexity index is 601. The van der Waals surface area contributed by atoms with Crippen LogP contribution in [0.15, 0.2) is 41.1 Å². The summed E-state index contributed by atoms with van der Waals surface area (Å²) in [6.45, 7) is 2.04. The van der Waals surface area contributed by atoms with Crippen molar-refractivity contribution in [2.75, 3.05) is 5.32 Å². The molecule has 0 atom stereocenters. The maximum Gasteiger partial charge on any atom is 0.255 e. The molecule has 0 aliphatic rings. The van der Waals surface area contributed by atoms with Crippen LogP contribution >= 0.6 is 38.5 Å². The standard InChI is InChI=1S/C13H10BrIN2O/c1-8-2-3-10(7-11(8)15)17-13(18)9-4-5-16-12(14)6-9/h2-7H,1H3,(H,17,18). The molecule has 0 radical (unpaired) electrons. The van der Waals surface area contributed by atoms with Crippen LogP contribution in [0.5, 0.6) is 0 Å². The summed E-state index contributed by atoms with van der Waals surface area (Å²) in [6.07, 6.45) is 1.60. The second kappa shape index (κ2) is 5.79. The molecule has 0 aliphatic heterocycles. The Kier molecular flexibility index (Phi) is 4.34. The zero-order valence-corrected chi connectivity index (χ0v) is 13.3. The average molecular weight is 417 g/mol. The van der Waals surface area contributed by atoms with Gasteiger partial charge in [-0.15, -0.1) is 0 Å². The third-order valence-corrected chi connectivity index (χ3v) is 4.01. The molecule has 92 valence electrons.